The zero-order chi connectivity index (χ0) is 15.6. The summed E-state index contributed by atoms with van der Waals surface area (Å²) in [7, 11) is 0. The second-order valence-corrected chi connectivity index (χ2v) is 5.90. The molecule has 0 aromatic rings. The molecule has 0 bridgehead atoms. The molecule has 0 saturated heterocycles. The molecule has 0 unspecified atom stereocenters. The lowest BCUT2D eigenvalue weighted by Gasteiger charge is -2.05. The summed E-state index contributed by atoms with van der Waals surface area (Å²) >= 11 is 0. The lowest BCUT2D eigenvalue weighted by Crippen LogP contribution is -2.05. The number of unbranched alkanes of at least 4 members (excludes halogenated alkanes) is 11. The summed E-state index contributed by atoms with van der Waals surface area (Å²) < 4.78 is 17.1. The minimum Gasteiger partial charge on any atom is -0.466 e. The van der Waals surface area contributed by atoms with Gasteiger partial charge in [0.1, 0.15) is 0 Å². The Hall–Kier alpha value is -0.600. The van der Waals surface area contributed by atoms with Gasteiger partial charge in [0.15, 0.2) is 0 Å². The predicted molar refractivity (Wildman–Crippen MR) is 87.2 cm³/mol. The summed E-state index contributed by atoms with van der Waals surface area (Å²) in [5.74, 6) is -0.0287. The van der Waals surface area contributed by atoms with E-state index in [-0.39, 0.29) is 12.6 Å². The van der Waals surface area contributed by atoms with E-state index in [1.165, 1.54) is 44.9 Å². The Balaban J connectivity index is 3.09. The van der Waals surface area contributed by atoms with Crippen LogP contribution in [0.15, 0.2) is 0 Å². The highest BCUT2D eigenvalue weighted by molar-refractivity contribution is 5.69. The summed E-state index contributed by atoms with van der Waals surface area (Å²) in [6.45, 7) is 2.59. The highest BCUT2D eigenvalue weighted by Gasteiger charge is 2.01. The maximum Gasteiger partial charge on any atom is 0.305 e. The number of hydrogen-bond acceptors (Lipinski definition) is 2. The second-order valence-electron chi connectivity index (χ2n) is 5.90. The van der Waals surface area contributed by atoms with Gasteiger partial charge in [-0.05, 0) is 19.3 Å². The van der Waals surface area contributed by atoms with Gasteiger partial charge < -0.3 is 4.74 Å². The van der Waals surface area contributed by atoms with Crippen LogP contribution in [0.4, 0.5) is 4.39 Å². The molecule has 0 aliphatic rings. The molecule has 2 nitrogen and oxygen atoms in total. The molecule has 0 aromatic carbocycles. The first-order valence-corrected chi connectivity index (χ1v) is 9.02. The molecule has 0 aliphatic carbocycles. The summed E-state index contributed by atoms with van der Waals surface area (Å²) in [5, 5.41) is 0. The quantitative estimate of drug-likeness (QED) is 0.259. The first-order chi connectivity index (χ1) is 10.3. The van der Waals surface area contributed by atoms with Crippen LogP contribution in [0.25, 0.3) is 0 Å². The average Bonchev–Trinajstić information content (AvgIpc) is 2.49. The van der Waals surface area contributed by atoms with E-state index in [0.717, 1.165) is 38.5 Å². The Bertz CT molecular complexity index is 219. The molecule has 0 aromatic heterocycles. The van der Waals surface area contributed by atoms with E-state index in [1.54, 1.807) is 0 Å². The average molecular weight is 302 g/mol. The Kier molecular flexibility index (Phi) is 17.0. The van der Waals surface area contributed by atoms with Crippen LogP contribution in [-0.4, -0.2) is 19.3 Å². The molecular weight excluding hydrogens is 267 g/mol. The Morgan fingerprint density at radius 2 is 1.29 bits per heavy atom. The van der Waals surface area contributed by atoms with Gasteiger partial charge in [0.2, 0.25) is 0 Å². The van der Waals surface area contributed by atoms with Crippen molar-refractivity contribution in [2.24, 2.45) is 0 Å². The minimum absolute atomic E-state index is 0.0287. The zero-order valence-corrected chi connectivity index (χ0v) is 14.0. The van der Waals surface area contributed by atoms with Gasteiger partial charge in [0.05, 0.1) is 13.3 Å². The normalized spacial score (nSPS) is 10.8. The third kappa shape index (κ3) is 17.3. The molecule has 0 amide bonds. The van der Waals surface area contributed by atoms with Gasteiger partial charge in [-0.3, -0.25) is 9.18 Å². The van der Waals surface area contributed by atoms with Gasteiger partial charge in [-0.25, -0.2) is 0 Å². The van der Waals surface area contributed by atoms with E-state index in [2.05, 4.69) is 6.92 Å². The van der Waals surface area contributed by atoms with Crippen LogP contribution in [-0.2, 0) is 9.53 Å². The van der Waals surface area contributed by atoms with Crippen LogP contribution in [0.1, 0.15) is 96.8 Å². The number of ether oxygens (including phenoxy) is 1. The lowest BCUT2D eigenvalue weighted by atomic mass is 10.1. The lowest BCUT2D eigenvalue weighted by molar-refractivity contribution is -0.143. The van der Waals surface area contributed by atoms with Crippen LogP contribution in [0.2, 0.25) is 0 Å². The largest absolute Gasteiger partial charge is 0.466 e. The van der Waals surface area contributed by atoms with Crippen LogP contribution >= 0.6 is 0 Å². The van der Waals surface area contributed by atoms with Crippen LogP contribution in [0, 0.1) is 0 Å². The molecule has 0 aliphatic heterocycles. The molecule has 0 saturated carbocycles. The van der Waals surface area contributed by atoms with Crippen LogP contribution < -0.4 is 0 Å². The predicted octanol–water partition coefficient (Wildman–Crippen LogP) is 5.98. The fraction of sp³-hybridized carbons (Fsp3) is 0.944. The monoisotopic (exact) mass is 302 g/mol. The van der Waals surface area contributed by atoms with E-state index >= 15 is 0 Å². The second kappa shape index (κ2) is 17.5. The van der Waals surface area contributed by atoms with Crippen molar-refractivity contribution in [1.29, 1.82) is 0 Å². The van der Waals surface area contributed by atoms with E-state index in [4.69, 9.17) is 4.74 Å². The number of rotatable bonds is 16. The minimum atomic E-state index is -0.169. The molecule has 0 rings (SSSR count). The van der Waals surface area contributed by atoms with Crippen molar-refractivity contribution >= 4 is 5.97 Å². The van der Waals surface area contributed by atoms with Crippen molar-refractivity contribution < 1.29 is 13.9 Å². The highest BCUT2D eigenvalue weighted by atomic mass is 19.1. The highest BCUT2D eigenvalue weighted by Crippen LogP contribution is 2.10. The summed E-state index contributed by atoms with van der Waals surface area (Å²) in [5.41, 5.74) is 0. The number of carbonyl (C=O) groups excluding carboxylic acids is 1. The van der Waals surface area contributed by atoms with Gasteiger partial charge in [-0.1, -0.05) is 71.1 Å². The first kappa shape index (κ1) is 20.4. The number of hydrogen-bond donors (Lipinski definition) is 0. The molecular formula is C18H35FO2. The smallest absolute Gasteiger partial charge is 0.305 e. The van der Waals surface area contributed by atoms with E-state index in [0.29, 0.717) is 13.0 Å². The van der Waals surface area contributed by atoms with Crippen molar-refractivity contribution in [3.8, 4) is 0 Å². The van der Waals surface area contributed by atoms with E-state index in [1.807, 2.05) is 0 Å². The maximum absolute atomic E-state index is 11.9. The molecule has 0 fully saturated rings. The van der Waals surface area contributed by atoms with E-state index in [9.17, 15) is 9.18 Å². The van der Waals surface area contributed by atoms with Gasteiger partial charge >= 0.3 is 5.97 Å². The molecule has 126 valence electrons. The van der Waals surface area contributed by atoms with E-state index < -0.39 is 0 Å². The number of esters is 1. The Morgan fingerprint density at radius 1 is 0.762 bits per heavy atom. The summed E-state index contributed by atoms with van der Waals surface area (Å²) in [4.78, 5) is 11.4. The van der Waals surface area contributed by atoms with Crippen molar-refractivity contribution in [2.75, 3.05) is 13.3 Å². The standard InChI is InChI=1S/C18H35FO2/c1-2-3-4-12-15-18(20)21-17-14-11-9-7-5-6-8-10-13-16-19/h2-17H2,1H3. The zero-order valence-electron chi connectivity index (χ0n) is 14.0. The van der Waals surface area contributed by atoms with Gasteiger partial charge in [-0.15, -0.1) is 0 Å². The SMILES string of the molecule is CCCCCCC(=O)OCCCCCCCCCCCF. The molecule has 0 N–H and O–H groups in total. The van der Waals surface area contributed by atoms with Gasteiger partial charge in [0, 0.05) is 6.42 Å². The Labute approximate surface area is 130 Å². The molecule has 0 atom stereocenters. The van der Waals surface area contributed by atoms with Crippen molar-refractivity contribution in [1.82, 2.24) is 0 Å². The van der Waals surface area contributed by atoms with Crippen molar-refractivity contribution in [2.45, 2.75) is 96.8 Å². The maximum atomic E-state index is 11.9. The topological polar surface area (TPSA) is 26.3 Å². The fourth-order valence-electron chi connectivity index (χ4n) is 2.39. The third-order valence-corrected chi connectivity index (χ3v) is 3.78. The van der Waals surface area contributed by atoms with Gasteiger partial charge in [-0.2, -0.15) is 0 Å². The van der Waals surface area contributed by atoms with Crippen LogP contribution in [0.3, 0.4) is 0 Å². The molecule has 0 spiro atoms. The summed E-state index contributed by atoms with van der Waals surface area (Å²) in [6.07, 6.45) is 15.1. The summed E-state index contributed by atoms with van der Waals surface area (Å²) in [6, 6.07) is 0. The van der Waals surface area contributed by atoms with Crippen LogP contribution in [0.5, 0.6) is 0 Å². The third-order valence-electron chi connectivity index (χ3n) is 3.78. The fourth-order valence-corrected chi connectivity index (χ4v) is 2.39. The van der Waals surface area contributed by atoms with Crippen molar-refractivity contribution in [3.05, 3.63) is 0 Å². The number of alkyl halides is 1. The number of halogens is 1. The Morgan fingerprint density at radius 3 is 1.86 bits per heavy atom. The molecule has 21 heavy (non-hydrogen) atoms. The molecule has 0 heterocycles. The van der Waals surface area contributed by atoms with Gasteiger partial charge in [0.25, 0.3) is 0 Å². The first-order valence-electron chi connectivity index (χ1n) is 9.02. The number of carbonyl (C=O) groups is 1. The van der Waals surface area contributed by atoms with Crippen molar-refractivity contribution in [3.63, 3.8) is 0 Å². The molecule has 3 heteroatoms. The molecule has 0 radical (unpaired) electrons.